The Balaban J connectivity index is 1.81. The molecule has 0 radical (unpaired) electrons. The van der Waals surface area contributed by atoms with Crippen molar-refractivity contribution in [2.24, 2.45) is 5.10 Å². The molecule has 1 amide bonds. The number of aryl methyl sites for hydroxylation is 2. The van der Waals surface area contributed by atoms with Gasteiger partial charge in [0.25, 0.3) is 5.91 Å². The molecule has 0 aliphatic rings. The van der Waals surface area contributed by atoms with Crippen LogP contribution in [0, 0.1) is 20.8 Å². The van der Waals surface area contributed by atoms with Gasteiger partial charge in [0.2, 0.25) is 0 Å². The average Bonchev–Trinajstić information content (AvgIpc) is 2.97. The predicted molar refractivity (Wildman–Crippen MR) is 118 cm³/mol. The Morgan fingerprint density at radius 3 is 2.52 bits per heavy atom. The number of hydrogen-bond acceptors (Lipinski definition) is 3. The molecule has 3 rings (SSSR count). The average molecular weight is 430 g/mol. The number of halogens is 2. The van der Waals surface area contributed by atoms with Crippen molar-refractivity contribution in [3.63, 3.8) is 0 Å². The number of benzene rings is 2. The molecular weight excluding hydrogens is 409 g/mol. The minimum atomic E-state index is -0.337. The van der Waals surface area contributed by atoms with Gasteiger partial charge in [-0.25, -0.2) is 5.43 Å². The van der Waals surface area contributed by atoms with Gasteiger partial charge in [-0.2, -0.15) is 5.10 Å². The largest absolute Gasteiger partial charge is 0.496 e. The van der Waals surface area contributed by atoms with Gasteiger partial charge < -0.3 is 9.30 Å². The fraction of sp³-hybridized carbons (Fsp3) is 0.182. The summed E-state index contributed by atoms with van der Waals surface area (Å²) in [5, 5.41) is 5.12. The van der Waals surface area contributed by atoms with Crippen molar-refractivity contribution in [3.8, 4) is 11.4 Å². The summed E-state index contributed by atoms with van der Waals surface area (Å²) >= 11 is 12.2. The van der Waals surface area contributed by atoms with Gasteiger partial charge in [0.1, 0.15) is 5.75 Å². The van der Waals surface area contributed by atoms with E-state index in [0.29, 0.717) is 21.4 Å². The Hall–Kier alpha value is -2.76. The molecule has 0 unspecified atom stereocenters. The van der Waals surface area contributed by atoms with Crippen LogP contribution in [0.1, 0.15) is 32.9 Å². The second-order valence-corrected chi connectivity index (χ2v) is 7.48. The highest BCUT2D eigenvalue weighted by molar-refractivity contribution is 6.42. The zero-order valence-corrected chi connectivity index (χ0v) is 18.1. The van der Waals surface area contributed by atoms with E-state index < -0.39 is 0 Å². The van der Waals surface area contributed by atoms with Crippen molar-refractivity contribution in [1.29, 1.82) is 0 Å². The maximum atomic E-state index is 12.4. The Labute approximate surface area is 179 Å². The molecular formula is C22H21Cl2N3O2. The van der Waals surface area contributed by atoms with E-state index in [1.54, 1.807) is 18.3 Å². The molecule has 0 aliphatic carbocycles. The molecule has 0 bridgehead atoms. The van der Waals surface area contributed by atoms with Gasteiger partial charge in [0, 0.05) is 22.6 Å². The minimum absolute atomic E-state index is 0.337. The first-order chi connectivity index (χ1) is 13.8. The Morgan fingerprint density at radius 1 is 1.07 bits per heavy atom. The van der Waals surface area contributed by atoms with Crippen LogP contribution in [0.15, 0.2) is 47.6 Å². The summed E-state index contributed by atoms with van der Waals surface area (Å²) in [7, 11) is 1.53. The summed E-state index contributed by atoms with van der Waals surface area (Å²) in [5.41, 5.74) is 7.75. The number of aromatic nitrogens is 1. The third-order valence-corrected chi connectivity index (χ3v) is 5.34. The summed E-state index contributed by atoms with van der Waals surface area (Å²) in [6, 6.07) is 12.8. The standard InChI is InChI=1S/C22H21Cl2N3O2/c1-13-5-7-18(21(9-13)29-4)22(28)26-25-12-16-10-14(2)27(15(16)3)17-6-8-19(23)20(24)11-17/h5-12H,1-4H3,(H,26,28)/b25-12-. The van der Waals surface area contributed by atoms with Crippen LogP contribution in [-0.2, 0) is 0 Å². The lowest BCUT2D eigenvalue weighted by Crippen LogP contribution is -2.18. The van der Waals surface area contributed by atoms with Crippen LogP contribution in [-0.4, -0.2) is 23.8 Å². The van der Waals surface area contributed by atoms with Gasteiger partial charge in [-0.15, -0.1) is 0 Å². The molecule has 0 saturated carbocycles. The van der Waals surface area contributed by atoms with Crippen LogP contribution in [0.4, 0.5) is 0 Å². The van der Waals surface area contributed by atoms with Crippen LogP contribution in [0.5, 0.6) is 5.75 Å². The van der Waals surface area contributed by atoms with E-state index >= 15 is 0 Å². The summed E-state index contributed by atoms with van der Waals surface area (Å²) < 4.78 is 7.33. The number of rotatable bonds is 5. The summed E-state index contributed by atoms with van der Waals surface area (Å²) in [6.07, 6.45) is 1.62. The van der Waals surface area contributed by atoms with Gasteiger partial charge in [0.15, 0.2) is 0 Å². The molecule has 3 aromatic rings. The van der Waals surface area contributed by atoms with Crippen molar-refractivity contribution in [2.45, 2.75) is 20.8 Å². The van der Waals surface area contributed by atoms with Crippen LogP contribution >= 0.6 is 23.2 Å². The van der Waals surface area contributed by atoms with Crippen LogP contribution in [0.25, 0.3) is 5.69 Å². The third-order valence-electron chi connectivity index (χ3n) is 4.60. The number of carbonyl (C=O) groups excluding carboxylic acids is 1. The van der Waals surface area contributed by atoms with Crippen LogP contribution < -0.4 is 10.2 Å². The Morgan fingerprint density at radius 2 is 1.83 bits per heavy atom. The first-order valence-corrected chi connectivity index (χ1v) is 9.70. The smallest absolute Gasteiger partial charge is 0.275 e. The van der Waals surface area contributed by atoms with E-state index in [1.807, 2.05) is 55.7 Å². The highest BCUT2D eigenvalue weighted by Crippen LogP contribution is 2.27. The van der Waals surface area contributed by atoms with E-state index in [9.17, 15) is 4.79 Å². The normalized spacial score (nSPS) is 11.1. The molecule has 7 heteroatoms. The van der Waals surface area contributed by atoms with Crippen molar-refractivity contribution in [1.82, 2.24) is 9.99 Å². The Bertz CT molecular complexity index is 1100. The minimum Gasteiger partial charge on any atom is -0.496 e. The molecule has 0 aliphatic heterocycles. The fourth-order valence-corrected chi connectivity index (χ4v) is 3.44. The predicted octanol–water partition coefficient (Wildman–Crippen LogP) is 5.48. The number of amides is 1. The monoisotopic (exact) mass is 429 g/mol. The number of nitrogens with one attached hydrogen (secondary N) is 1. The van der Waals surface area contributed by atoms with Crippen molar-refractivity contribution < 1.29 is 9.53 Å². The number of methoxy groups -OCH3 is 1. The van der Waals surface area contributed by atoms with E-state index in [2.05, 4.69) is 10.5 Å². The molecule has 0 fully saturated rings. The lowest BCUT2D eigenvalue weighted by molar-refractivity contribution is 0.0952. The summed E-state index contributed by atoms with van der Waals surface area (Å²) in [6.45, 7) is 5.90. The topological polar surface area (TPSA) is 55.6 Å². The summed E-state index contributed by atoms with van der Waals surface area (Å²) in [4.78, 5) is 12.4. The lowest BCUT2D eigenvalue weighted by atomic mass is 10.1. The number of hydrazone groups is 1. The van der Waals surface area contributed by atoms with Crippen LogP contribution in [0.3, 0.4) is 0 Å². The SMILES string of the molecule is COc1cc(C)ccc1C(=O)N/N=C\c1cc(C)n(-c2ccc(Cl)c(Cl)c2)c1C. The Kier molecular flexibility index (Phi) is 6.30. The highest BCUT2D eigenvalue weighted by Gasteiger charge is 2.13. The molecule has 0 spiro atoms. The van der Waals surface area contributed by atoms with Gasteiger partial charge >= 0.3 is 0 Å². The molecule has 5 nitrogen and oxygen atoms in total. The molecule has 1 N–H and O–H groups in total. The third kappa shape index (κ3) is 4.47. The van der Waals surface area contributed by atoms with Gasteiger partial charge in [-0.3, -0.25) is 4.79 Å². The van der Waals surface area contributed by atoms with Crippen molar-refractivity contribution in [3.05, 3.63) is 80.6 Å². The first kappa shape index (κ1) is 21.0. The molecule has 0 atom stereocenters. The second-order valence-electron chi connectivity index (χ2n) is 6.66. The van der Waals surface area contributed by atoms with Crippen LogP contribution in [0.2, 0.25) is 10.0 Å². The second kappa shape index (κ2) is 8.72. The maximum Gasteiger partial charge on any atom is 0.275 e. The first-order valence-electron chi connectivity index (χ1n) is 8.94. The quantitative estimate of drug-likeness (QED) is 0.430. The zero-order chi connectivity index (χ0) is 21.1. The molecule has 2 aromatic carbocycles. The van der Waals surface area contributed by atoms with Gasteiger partial charge in [-0.1, -0.05) is 29.3 Å². The fourth-order valence-electron chi connectivity index (χ4n) is 3.15. The van der Waals surface area contributed by atoms with E-state index in [4.69, 9.17) is 27.9 Å². The number of nitrogens with zero attached hydrogens (tertiary/aromatic N) is 2. The molecule has 29 heavy (non-hydrogen) atoms. The highest BCUT2D eigenvalue weighted by atomic mass is 35.5. The molecule has 1 aromatic heterocycles. The molecule has 0 saturated heterocycles. The zero-order valence-electron chi connectivity index (χ0n) is 16.6. The van der Waals surface area contributed by atoms with Gasteiger partial charge in [-0.05, 0) is 62.7 Å². The lowest BCUT2D eigenvalue weighted by Gasteiger charge is -2.10. The summed E-state index contributed by atoms with van der Waals surface area (Å²) in [5.74, 6) is 0.173. The maximum absolute atomic E-state index is 12.4. The van der Waals surface area contributed by atoms with Gasteiger partial charge in [0.05, 0.1) is 28.9 Å². The van der Waals surface area contributed by atoms with E-state index in [1.165, 1.54) is 7.11 Å². The van der Waals surface area contributed by atoms with Crippen molar-refractivity contribution in [2.75, 3.05) is 7.11 Å². The van der Waals surface area contributed by atoms with E-state index in [0.717, 1.165) is 28.2 Å². The number of ether oxygens (including phenoxy) is 1. The van der Waals surface area contributed by atoms with Crippen molar-refractivity contribution >= 4 is 35.3 Å². The molecule has 1 heterocycles. The van der Waals surface area contributed by atoms with E-state index in [-0.39, 0.29) is 5.91 Å². The number of hydrogen-bond donors (Lipinski definition) is 1. The number of carbonyl (C=O) groups is 1. The molecule has 150 valence electrons.